The number of aromatic nitrogens is 2. The molecule has 1 aromatic heterocycles. The van der Waals surface area contributed by atoms with E-state index in [1.165, 1.54) is 31.2 Å². The second-order valence-electron chi connectivity index (χ2n) is 6.93. The molecule has 0 radical (unpaired) electrons. The van der Waals surface area contributed by atoms with Crippen molar-refractivity contribution in [2.45, 2.75) is 52.0 Å². The number of rotatable bonds is 7. The molecule has 1 atom stereocenters. The summed E-state index contributed by atoms with van der Waals surface area (Å²) in [6.45, 7) is 6.18. The third kappa shape index (κ3) is 4.45. The van der Waals surface area contributed by atoms with Crippen LogP contribution in [0.4, 0.5) is 11.8 Å². The van der Waals surface area contributed by atoms with Crippen molar-refractivity contribution < 1.29 is 4.74 Å². The van der Waals surface area contributed by atoms with Crippen molar-refractivity contribution in [3.8, 4) is 5.75 Å². The van der Waals surface area contributed by atoms with Gasteiger partial charge in [-0.1, -0.05) is 25.1 Å². The van der Waals surface area contributed by atoms with Crippen LogP contribution in [0.2, 0.25) is 0 Å². The molecule has 5 nitrogen and oxygen atoms in total. The Morgan fingerprint density at radius 3 is 2.88 bits per heavy atom. The number of hydrogen-bond acceptors (Lipinski definition) is 5. The number of ether oxygens (including phenoxy) is 1. The number of benzene rings is 1. The first-order chi connectivity index (χ1) is 12.7. The average Bonchev–Trinajstić information content (AvgIpc) is 2.68. The van der Waals surface area contributed by atoms with Crippen LogP contribution in [0.3, 0.4) is 0 Å². The molecule has 0 amide bonds. The van der Waals surface area contributed by atoms with Crippen LogP contribution >= 0.6 is 0 Å². The molecule has 3 rings (SSSR count). The van der Waals surface area contributed by atoms with Crippen molar-refractivity contribution in [1.82, 2.24) is 9.97 Å². The van der Waals surface area contributed by atoms with E-state index >= 15 is 0 Å². The smallest absolute Gasteiger partial charge is 0.224 e. The van der Waals surface area contributed by atoms with Gasteiger partial charge in [0.15, 0.2) is 0 Å². The molecule has 1 aliphatic heterocycles. The molecule has 2 heterocycles. The third-order valence-electron chi connectivity index (χ3n) is 5.10. The second-order valence-corrected chi connectivity index (χ2v) is 6.93. The fourth-order valence-electron chi connectivity index (χ4n) is 3.72. The maximum Gasteiger partial charge on any atom is 0.224 e. The first kappa shape index (κ1) is 18.5. The predicted molar refractivity (Wildman–Crippen MR) is 107 cm³/mol. The number of hydrogen-bond donors (Lipinski definition) is 1. The third-order valence-corrected chi connectivity index (χ3v) is 5.10. The van der Waals surface area contributed by atoms with Crippen molar-refractivity contribution in [3.05, 3.63) is 41.6 Å². The number of para-hydroxylation sites is 1. The molecule has 1 saturated heterocycles. The van der Waals surface area contributed by atoms with E-state index < -0.39 is 0 Å². The van der Waals surface area contributed by atoms with Gasteiger partial charge in [-0.15, -0.1) is 0 Å². The molecular weight excluding hydrogens is 324 g/mol. The van der Waals surface area contributed by atoms with Gasteiger partial charge in [-0.25, -0.2) is 4.98 Å². The first-order valence-electron chi connectivity index (χ1n) is 9.69. The molecule has 2 aromatic rings. The lowest BCUT2D eigenvalue weighted by atomic mass is 10.00. The standard InChI is InChI=1S/C21H30N4O/c1-4-18-10-7-8-14-25(18)20-15-16(2)23-21(24-20)22-13-12-17-9-5-6-11-19(17)26-3/h5-6,9,11,15,18H,4,7-8,10,12-14H2,1-3H3,(H,22,23,24). The lowest BCUT2D eigenvalue weighted by molar-refractivity contribution is 0.410. The molecular formula is C21H30N4O. The summed E-state index contributed by atoms with van der Waals surface area (Å²) in [5, 5.41) is 3.39. The van der Waals surface area contributed by atoms with Gasteiger partial charge in [0.25, 0.3) is 0 Å². The van der Waals surface area contributed by atoms with Gasteiger partial charge >= 0.3 is 0 Å². The Labute approximate surface area is 156 Å². The van der Waals surface area contributed by atoms with Crippen LogP contribution in [-0.2, 0) is 6.42 Å². The molecule has 1 aromatic carbocycles. The Morgan fingerprint density at radius 1 is 1.23 bits per heavy atom. The lowest BCUT2D eigenvalue weighted by Gasteiger charge is -2.36. The van der Waals surface area contributed by atoms with Crippen LogP contribution < -0.4 is 15.0 Å². The zero-order valence-electron chi connectivity index (χ0n) is 16.2. The molecule has 1 fully saturated rings. The van der Waals surface area contributed by atoms with Crippen molar-refractivity contribution in [1.29, 1.82) is 0 Å². The first-order valence-corrected chi connectivity index (χ1v) is 9.69. The monoisotopic (exact) mass is 354 g/mol. The van der Waals surface area contributed by atoms with Gasteiger partial charge in [0.2, 0.25) is 5.95 Å². The fraction of sp³-hybridized carbons (Fsp3) is 0.524. The fourth-order valence-corrected chi connectivity index (χ4v) is 3.72. The molecule has 0 aliphatic carbocycles. The van der Waals surface area contributed by atoms with Crippen LogP contribution in [0, 0.1) is 6.92 Å². The predicted octanol–water partition coefficient (Wildman–Crippen LogP) is 4.22. The second kappa shape index (κ2) is 8.88. The molecule has 1 N–H and O–H groups in total. The highest BCUT2D eigenvalue weighted by atomic mass is 16.5. The Morgan fingerprint density at radius 2 is 2.08 bits per heavy atom. The van der Waals surface area contributed by atoms with E-state index in [2.05, 4.69) is 34.3 Å². The van der Waals surface area contributed by atoms with E-state index in [1.807, 2.05) is 25.1 Å². The number of nitrogens with zero attached hydrogens (tertiary/aromatic N) is 3. The molecule has 1 aliphatic rings. The van der Waals surface area contributed by atoms with E-state index in [4.69, 9.17) is 9.72 Å². The van der Waals surface area contributed by atoms with Gasteiger partial charge in [-0.2, -0.15) is 4.98 Å². The zero-order chi connectivity index (χ0) is 18.4. The zero-order valence-corrected chi connectivity index (χ0v) is 16.2. The largest absolute Gasteiger partial charge is 0.496 e. The van der Waals surface area contributed by atoms with Crippen LogP contribution in [0.1, 0.15) is 43.9 Å². The highest BCUT2D eigenvalue weighted by Gasteiger charge is 2.22. The minimum Gasteiger partial charge on any atom is -0.496 e. The summed E-state index contributed by atoms with van der Waals surface area (Å²) < 4.78 is 5.42. The molecule has 0 spiro atoms. The maximum absolute atomic E-state index is 5.42. The summed E-state index contributed by atoms with van der Waals surface area (Å²) in [4.78, 5) is 11.8. The van der Waals surface area contributed by atoms with Gasteiger partial charge < -0.3 is 15.0 Å². The molecule has 1 unspecified atom stereocenters. The molecule has 0 saturated carbocycles. The summed E-state index contributed by atoms with van der Waals surface area (Å²) in [6.07, 6.45) is 5.87. The quantitative estimate of drug-likeness (QED) is 0.807. The summed E-state index contributed by atoms with van der Waals surface area (Å²) in [7, 11) is 1.71. The minimum atomic E-state index is 0.597. The summed E-state index contributed by atoms with van der Waals surface area (Å²) in [5.41, 5.74) is 2.20. The Balaban J connectivity index is 1.67. The maximum atomic E-state index is 5.42. The minimum absolute atomic E-state index is 0.597. The molecule has 5 heteroatoms. The Hall–Kier alpha value is -2.30. The summed E-state index contributed by atoms with van der Waals surface area (Å²) >= 11 is 0. The molecule has 26 heavy (non-hydrogen) atoms. The highest BCUT2D eigenvalue weighted by Crippen LogP contribution is 2.26. The normalized spacial score (nSPS) is 17.2. The van der Waals surface area contributed by atoms with E-state index in [9.17, 15) is 0 Å². The molecule has 140 valence electrons. The number of piperidine rings is 1. The van der Waals surface area contributed by atoms with E-state index in [-0.39, 0.29) is 0 Å². The van der Waals surface area contributed by atoms with E-state index in [1.54, 1.807) is 7.11 Å². The van der Waals surface area contributed by atoms with Crippen molar-refractivity contribution in [3.63, 3.8) is 0 Å². The number of anilines is 2. The van der Waals surface area contributed by atoms with Crippen molar-refractivity contribution >= 4 is 11.8 Å². The van der Waals surface area contributed by atoms with Gasteiger partial charge in [0.1, 0.15) is 11.6 Å². The molecule has 0 bridgehead atoms. The topological polar surface area (TPSA) is 50.3 Å². The van der Waals surface area contributed by atoms with Gasteiger partial charge in [0.05, 0.1) is 7.11 Å². The highest BCUT2D eigenvalue weighted by molar-refractivity contribution is 5.46. The number of methoxy groups -OCH3 is 1. The van der Waals surface area contributed by atoms with Gasteiger partial charge in [-0.3, -0.25) is 0 Å². The Kier molecular flexibility index (Phi) is 6.31. The van der Waals surface area contributed by atoms with Crippen molar-refractivity contribution in [2.75, 3.05) is 30.4 Å². The van der Waals surface area contributed by atoms with E-state index in [0.29, 0.717) is 6.04 Å². The summed E-state index contributed by atoms with van der Waals surface area (Å²) in [6, 6.07) is 10.8. The lowest BCUT2D eigenvalue weighted by Crippen LogP contribution is -2.39. The Bertz CT molecular complexity index is 719. The number of aryl methyl sites for hydroxylation is 1. The SMILES string of the molecule is CCC1CCCCN1c1cc(C)nc(NCCc2ccccc2OC)n1. The van der Waals surface area contributed by atoms with Crippen molar-refractivity contribution in [2.24, 2.45) is 0 Å². The van der Waals surface area contributed by atoms with Gasteiger partial charge in [-0.05, 0) is 50.7 Å². The average molecular weight is 354 g/mol. The van der Waals surface area contributed by atoms with Crippen LogP contribution in [-0.4, -0.2) is 36.2 Å². The van der Waals surface area contributed by atoms with Crippen LogP contribution in [0.15, 0.2) is 30.3 Å². The van der Waals surface area contributed by atoms with E-state index in [0.717, 1.165) is 42.7 Å². The van der Waals surface area contributed by atoms with Crippen LogP contribution in [0.5, 0.6) is 5.75 Å². The van der Waals surface area contributed by atoms with Crippen LogP contribution in [0.25, 0.3) is 0 Å². The number of nitrogens with one attached hydrogen (secondary N) is 1. The van der Waals surface area contributed by atoms with Gasteiger partial charge in [0, 0.05) is 30.9 Å². The summed E-state index contributed by atoms with van der Waals surface area (Å²) in [5.74, 6) is 2.71.